The van der Waals surface area contributed by atoms with Crippen LogP contribution in [0.3, 0.4) is 0 Å². The molecule has 23 heavy (non-hydrogen) atoms. The highest BCUT2D eigenvalue weighted by Gasteiger charge is 2.11. The van der Waals surface area contributed by atoms with Gasteiger partial charge in [-0.05, 0) is 42.0 Å². The van der Waals surface area contributed by atoms with Gasteiger partial charge in [0.1, 0.15) is 0 Å². The van der Waals surface area contributed by atoms with Gasteiger partial charge in [-0.25, -0.2) is 0 Å². The molecule has 0 unspecified atom stereocenters. The minimum atomic E-state index is -0.102. The van der Waals surface area contributed by atoms with E-state index >= 15 is 0 Å². The fourth-order valence-corrected chi connectivity index (χ4v) is 2.87. The molecule has 0 saturated heterocycles. The molecule has 1 aromatic heterocycles. The second-order valence-electron chi connectivity index (χ2n) is 5.17. The molecule has 0 bridgehead atoms. The van der Waals surface area contributed by atoms with Crippen molar-refractivity contribution in [2.24, 2.45) is 0 Å². The Morgan fingerprint density at radius 1 is 1.17 bits per heavy atom. The van der Waals surface area contributed by atoms with Crippen LogP contribution in [-0.4, -0.2) is 10.9 Å². The first-order valence-electron chi connectivity index (χ1n) is 7.05. The number of fused-ring (bicyclic) bond motifs is 1. The number of carbonyl (C=O) groups excluding carboxylic acids is 1. The van der Waals surface area contributed by atoms with E-state index in [1.165, 1.54) is 6.92 Å². The van der Waals surface area contributed by atoms with E-state index in [9.17, 15) is 4.79 Å². The molecule has 3 rings (SSSR count). The van der Waals surface area contributed by atoms with Crippen LogP contribution in [0.15, 0.2) is 46.9 Å². The van der Waals surface area contributed by atoms with Crippen molar-refractivity contribution in [2.75, 3.05) is 5.32 Å². The third-order valence-corrected chi connectivity index (χ3v) is 4.15. The Morgan fingerprint density at radius 3 is 2.61 bits per heavy atom. The van der Waals surface area contributed by atoms with Crippen LogP contribution in [0, 0.1) is 0 Å². The van der Waals surface area contributed by atoms with Gasteiger partial charge in [-0.1, -0.05) is 45.7 Å². The smallest absolute Gasteiger partial charge is 0.221 e. The van der Waals surface area contributed by atoms with Crippen molar-refractivity contribution < 1.29 is 4.79 Å². The van der Waals surface area contributed by atoms with Gasteiger partial charge in [0.05, 0.1) is 11.4 Å². The summed E-state index contributed by atoms with van der Waals surface area (Å²) in [4.78, 5) is 14.8. The van der Waals surface area contributed by atoms with Crippen LogP contribution >= 0.6 is 27.5 Å². The number of carbonyl (C=O) groups is 1. The van der Waals surface area contributed by atoms with E-state index < -0.39 is 0 Å². The molecule has 2 aromatic carbocycles. The Bertz CT molecular complexity index is 897. The van der Waals surface area contributed by atoms with Crippen LogP contribution in [0.4, 0.5) is 5.69 Å². The molecule has 0 spiro atoms. The highest BCUT2D eigenvalue weighted by Crippen LogP contribution is 2.31. The SMILES string of the molecule is CC(=O)Nc1c(/C=C/c2ccc(Cl)cc2)[nH]c2cc(Br)ccc12. The highest BCUT2D eigenvalue weighted by atomic mass is 79.9. The fourth-order valence-electron chi connectivity index (χ4n) is 2.38. The molecule has 5 heteroatoms. The van der Waals surface area contributed by atoms with Crippen molar-refractivity contribution in [3.63, 3.8) is 0 Å². The second-order valence-corrected chi connectivity index (χ2v) is 6.52. The summed E-state index contributed by atoms with van der Waals surface area (Å²) in [5.41, 5.74) is 3.62. The summed E-state index contributed by atoms with van der Waals surface area (Å²) in [5.74, 6) is -0.102. The van der Waals surface area contributed by atoms with Gasteiger partial charge in [0, 0.05) is 27.3 Å². The van der Waals surface area contributed by atoms with Crippen LogP contribution in [0.2, 0.25) is 5.02 Å². The lowest BCUT2D eigenvalue weighted by Gasteiger charge is -2.02. The number of hydrogen-bond donors (Lipinski definition) is 2. The number of H-pyrrole nitrogens is 1. The number of aromatic amines is 1. The Balaban J connectivity index is 2.04. The lowest BCUT2D eigenvalue weighted by atomic mass is 10.1. The maximum Gasteiger partial charge on any atom is 0.221 e. The third-order valence-electron chi connectivity index (χ3n) is 3.40. The Morgan fingerprint density at radius 2 is 1.91 bits per heavy atom. The van der Waals surface area contributed by atoms with Gasteiger partial charge in [-0.3, -0.25) is 4.79 Å². The van der Waals surface area contributed by atoms with Crippen molar-refractivity contribution >= 4 is 62.2 Å². The maximum absolute atomic E-state index is 11.5. The lowest BCUT2D eigenvalue weighted by Crippen LogP contribution is -2.06. The predicted octanol–water partition coefficient (Wildman–Crippen LogP) is 5.71. The molecule has 0 aliphatic heterocycles. The molecule has 116 valence electrons. The molecule has 3 nitrogen and oxygen atoms in total. The minimum absolute atomic E-state index is 0.102. The molecular formula is C18H14BrClN2O. The Hall–Kier alpha value is -2.04. The van der Waals surface area contributed by atoms with Gasteiger partial charge >= 0.3 is 0 Å². The number of amides is 1. The molecule has 0 aliphatic rings. The Labute approximate surface area is 147 Å². The zero-order valence-electron chi connectivity index (χ0n) is 12.4. The number of benzene rings is 2. The summed E-state index contributed by atoms with van der Waals surface area (Å²) in [6, 6.07) is 13.5. The van der Waals surface area contributed by atoms with Crippen LogP contribution in [-0.2, 0) is 4.79 Å². The molecule has 0 radical (unpaired) electrons. The number of aromatic nitrogens is 1. The van der Waals surface area contributed by atoms with Gasteiger partial charge in [0.2, 0.25) is 5.91 Å². The van der Waals surface area contributed by atoms with Crippen molar-refractivity contribution in [3.8, 4) is 0 Å². The van der Waals surface area contributed by atoms with Crippen molar-refractivity contribution in [3.05, 3.63) is 63.2 Å². The van der Waals surface area contributed by atoms with Crippen LogP contribution in [0.25, 0.3) is 23.1 Å². The first kappa shape index (κ1) is 15.8. The molecule has 0 fully saturated rings. The topological polar surface area (TPSA) is 44.9 Å². The molecule has 3 aromatic rings. The molecular weight excluding hydrogens is 376 g/mol. The molecule has 0 atom stereocenters. The number of hydrogen-bond acceptors (Lipinski definition) is 1. The molecule has 0 saturated carbocycles. The normalized spacial score (nSPS) is 11.3. The van der Waals surface area contributed by atoms with Gasteiger partial charge < -0.3 is 10.3 Å². The summed E-state index contributed by atoms with van der Waals surface area (Å²) in [6.07, 6.45) is 3.92. The summed E-state index contributed by atoms with van der Waals surface area (Å²) in [6.45, 7) is 1.50. The van der Waals surface area contributed by atoms with Crippen LogP contribution in [0.5, 0.6) is 0 Å². The monoisotopic (exact) mass is 388 g/mol. The van der Waals surface area contributed by atoms with E-state index in [4.69, 9.17) is 11.6 Å². The summed E-state index contributed by atoms with van der Waals surface area (Å²) in [5, 5.41) is 4.58. The van der Waals surface area contributed by atoms with E-state index in [1.54, 1.807) is 0 Å². The number of anilines is 1. The van der Waals surface area contributed by atoms with E-state index in [1.807, 2.05) is 54.6 Å². The van der Waals surface area contributed by atoms with Gasteiger partial charge in [0.15, 0.2) is 0 Å². The zero-order valence-corrected chi connectivity index (χ0v) is 14.7. The van der Waals surface area contributed by atoms with Gasteiger partial charge in [0.25, 0.3) is 0 Å². The van der Waals surface area contributed by atoms with Gasteiger partial charge in [-0.2, -0.15) is 0 Å². The summed E-state index contributed by atoms with van der Waals surface area (Å²) >= 11 is 9.36. The van der Waals surface area contributed by atoms with Crippen LogP contribution < -0.4 is 5.32 Å². The van der Waals surface area contributed by atoms with Crippen molar-refractivity contribution in [1.82, 2.24) is 4.98 Å². The number of halogens is 2. The van der Waals surface area contributed by atoms with E-state index in [0.29, 0.717) is 5.02 Å². The minimum Gasteiger partial charge on any atom is -0.353 e. The van der Waals surface area contributed by atoms with Crippen molar-refractivity contribution in [2.45, 2.75) is 6.92 Å². The Kier molecular flexibility index (Phi) is 4.55. The average Bonchev–Trinajstić information content (AvgIpc) is 2.83. The van der Waals surface area contributed by atoms with Gasteiger partial charge in [-0.15, -0.1) is 0 Å². The first-order chi connectivity index (χ1) is 11.0. The average molecular weight is 390 g/mol. The number of rotatable bonds is 3. The van der Waals surface area contributed by atoms with Crippen molar-refractivity contribution in [1.29, 1.82) is 0 Å². The number of nitrogens with one attached hydrogen (secondary N) is 2. The van der Waals surface area contributed by atoms with Crippen LogP contribution in [0.1, 0.15) is 18.2 Å². The molecule has 1 heterocycles. The molecule has 0 aliphatic carbocycles. The van der Waals surface area contributed by atoms with E-state index in [-0.39, 0.29) is 5.91 Å². The molecule has 1 amide bonds. The predicted molar refractivity (Wildman–Crippen MR) is 101 cm³/mol. The second kappa shape index (κ2) is 6.60. The summed E-state index contributed by atoms with van der Waals surface area (Å²) < 4.78 is 0.980. The van der Waals surface area contributed by atoms with E-state index in [0.717, 1.165) is 32.3 Å². The standard InChI is InChI=1S/C18H14BrClN2O/c1-11(23)21-18-15-8-5-13(19)10-17(15)22-16(18)9-4-12-2-6-14(20)7-3-12/h2-10,22H,1H3,(H,21,23)/b9-4+. The van der Waals surface area contributed by atoms with E-state index in [2.05, 4.69) is 26.2 Å². The quantitative estimate of drug-likeness (QED) is 0.592. The summed E-state index contributed by atoms with van der Waals surface area (Å²) in [7, 11) is 0. The third kappa shape index (κ3) is 3.66. The maximum atomic E-state index is 11.5. The zero-order chi connectivity index (χ0) is 16.4. The first-order valence-corrected chi connectivity index (χ1v) is 8.22. The fraction of sp³-hybridized carbons (Fsp3) is 0.0556. The largest absolute Gasteiger partial charge is 0.353 e. The molecule has 2 N–H and O–H groups in total. The highest BCUT2D eigenvalue weighted by molar-refractivity contribution is 9.10. The lowest BCUT2D eigenvalue weighted by molar-refractivity contribution is -0.114.